The van der Waals surface area contributed by atoms with Crippen LogP contribution in [0.1, 0.15) is 37.1 Å². The molecule has 0 bridgehead atoms. The van der Waals surface area contributed by atoms with Crippen LogP contribution < -0.4 is 11.1 Å². The van der Waals surface area contributed by atoms with E-state index in [9.17, 15) is 0 Å². The predicted octanol–water partition coefficient (Wildman–Crippen LogP) is 2.20. The van der Waals surface area contributed by atoms with Crippen LogP contribution in [0.25, 0.3) is 0 Å². The first-order valence-corrected chi connectivity index (χ1v) is 7.29. The molecule has 1 rings (SSSR count). The summed E-state index contributed by atoms with van der Waals surface area (Å²) in [5.41, 5.74) is 8.38. The molecule has 0 unspecified atom stereocenters. The molecule has 112 valence electrons. The van der Waals surface area contributed by atoms with Crippen molar-refractivity contribution in [1.29, 1.82) is 0 Å². The van der Waals surface area contributed by atoms with Crippen LogP contribution in [0.15, 0.2) is 0 Å². The van der Waals surface area contributed by atoms with Crippen LogP contribution in [0.3, 0.4) is 0 Å². The minimum atomic E-state index is 0.346. The summed E-state index contributed by atoms with van der Waals surface area (Å²) in [7, 11) is 0. The van der Waals surface area contributed by atoms with Gasteiger partial charge in [0, 0.05) is 19.8 Å². The maximum Gasteiger partial charge on any atom is 0.159 e. The number of ether oxygens (including phenoxy) is 1. The van der Waals surface area contributed by atoms with Crippen LogP contribution in [0.5, 0.6) is 0 Å². The van der Waals surface area contributed by atoms with Gasteiger partial charge in [-0.05, 0) is 31.7 Å². The molecule has 0 aliphatic rings. The molecule has 0 aliphatic carbocycles. The number of aryl methyl sites for hydroxylation is 1. The van der Waals surface area contributed by atoms with Gasteiger partial charge >= 0.3 is 0 Å². The summed E-state index contributed by atoms with van der Waals surface area (Å²) in [5, 5.41) is 11.5. The van der Waals surface area contributed by atoms with Crippen molar-refractivity contribution in [3.8, 4) is 0 Å². The first kappa shape index (κ1) is 16.8. The number of rotatable bonds is 8. The Labute approximate surface area is 126 Å². The number of aromatic nitrogens is 2. The molecule has 5 nitrogen and oxygen atoms in total. The molecule has 0 radical (unpaired) electrons. The van der Waals surface area contributed by atoms with Crippen LogP contribution in [-0.4, -0.2) is 34.9 Å². The van der Waals surface area contributed by atoms with E-state index in [1.54, 1.807) is 0 Å². The minimum absolute atomic E-state index is 0.346. The van der Waals surface area contributed by atoms with Gasteiger partial charge in [-0.3, -0.25) is 0 Å². The van der Waals surface area contributed by atoms with Gasteiger partial charge < -0.3 is 15.8 Å². The number of hydrogen-bond donors (Lipinski definition) is 2. The zero-order valence-electron chi connectivity index (χ0n) is 12.7. The Bertz CT molecular complexity index is 463. The van der Waals surface area contributed by atoms with Crippen LogP contribution >= 0.6 is 12.2 Å². The summed E-state index contributed by atoms with van der Waals surface area (Å²) in [6, 6.07) is 0. The minimum Gasteiger partial charge on any atom is -0.389 e. The standard InChI is InChI=1S/C14H24N4OS/c1-9(2)8-19-7-5-6-16-14-12(13(15)20)10(3)11(4)17-18-14/h9H,5-8H2,1-4H3,(H2,15,20)(H,16,18). The molecule has 0 amide bonds. The Kier molecular flexibility index (Phi) is 6.81. The van der Waals surface area contributed by atoms with Crippen molar-refractivity contribution in [2.75, 3.05) is 25.1 Å². The van der Waals surface area contributed by atoms with E-state index in [1.165, 1.54) is 0 Å². The molecule has 6 heteroatoms. The van der Waals surface area contributed by atoms with E-state index in [4.69, 9.17) is 22.7 Å². The normalized spacial score (nSPS) is 10.8. The fraction of sp³-hybridized carbons (Fsp3) is 0.643. The fourth-order valence-electron chi connectivity index (χ4n) is 1.73. The molecule has 0 fully saturated rings. The number of anilines is 1. The molecule has 1 aromatic rings. The number of nitrogens with two attached hydrogens (primary N) is 1. The van der Waals surface area contributed by atoms with Gasteiger partial charge in [0.25, 0.3) is 0 Å². The molecule has 1 heterocycles. The van der Waals surface area contributed by atoms with Crippen molar-refractivity contribution in [3.05, 3.63) is 16.8 Å². The van der Waals surface area contributed by atoms with E-state index in [0.29, 0.717) is 16.7 Å². The molecule has 0 spiro atoms. The first-order valence-electron chi connectivity index (χ1n) is 6.88. The number of hydrogen-bond acceptors (Lipinski definition) is 5. The van der Waals surface area contributed by atoms with Crippen molar-refractivity contribution in [3.63, 3.8) is 0 Å². The topological polar surface area (TPSA) is 73.1 Å². The van der Waals surface area contributed by atoms with E-state index in [-0.39, 0.29) is 0 Å². The highest BCUT2D eigenvalue weighted by molar-refractivity contribution is 7.80. The molecule has 0 saturated carbocycles. The highest BCUT2D eigenvalue weighted by Gasteiger charge is 2.12. The van der Waals surface area contributed by atoms with Gasteiger partial charge in [0.1, 0.15) is 4.99 Å². The largest absolute Gasteiger partial charge is 0.389 e. The Morgan fingerprint density at radius 3 is 2.65 bits per heavy atom. The number of nitrogens with one attached hydrogen (secondary N) is 1. The second kappa shape index (κ2) is 8.11. The summed E-state index contributed by atoms with van der Waals surface area (Å²) in [6.07, 6.45) is 0.901. The van der Waals surface area contributed by atoms with Gasteiger partial charge in [-0.1, -0.05) is 26.1 Å². The fourth-order valence-corrected chi connectivity index (χ4v) is 1.98. The van der Waals surface area contributed by atoms with Gasteiger partial charge in [-0.25, -0.2) is 0 Å². The summed E-state index contributed by atoms with van der Waals surface area (Å²) >= 11 is 5.09. The zero-order valence-corrected chi connectivity index (χ0v) is 13.5. The maximum absolute atomic E-state index is 5.77. The molecule has 0 aliphatic heterocycles. The molecule has 20 heavy (non-hydrogen) atoms. The molecular weight excluding hydrogens is 272 g/mol. The lowest BCUT2D eigenvalue weighted by Gasteiger charge is -2.13. The van der Waals surface area contributed by atoms with E-state index in [0.717, 1.165) is 43.0 Å². The SMILES string of the molecule is Cc1nnc(NCCCOCC(C)C)c(C(N)=S)c1C. The zero-order chi connectivity index (χ0) is 15.1. The molecule has 0 aromatic carbocycles. The van der Waals surface area contributed by atoms with Gasteiger partial charge in [-0.2, -0.15) is 5.10 Å². The molecular formula is C14H24N4OS. The lowest BCUT2D eigenvalue weighted by atomic mass is 10.1. The van der Waals surface area contributed by atoms with Crippen molar-refractivity contribution in [2.24, 2.45) is 11.7 Å². The highest BCUT2D eigenvalue weighted by atomic mass is 32.1. The molecule has 0 atom stereocenters. The van der Waals surface area contributed by atoms with E-state index < -0.39 is 0 Å². The van der Waals surface area contributed by atoms with Crippen LogP contribution in [-0.2, 0) is 4.74 Å². The second-order valence-electron chi connectivity index (χ2n) is 5.25. The average molecular weight is 296 g/mol. The smallest absolute Gasteiger partial charge is 0.159 e. The third-order valence-electron chi connectivity index (χ3n) is 2.91. The Balaban J connectivity index is 2.52. The third kappa shape index (κ3) is 5.02. The Morgan fingerprint density at radius 2 is 2.05 bits per heavy atom. The summed E-state index contributed by atoms with van der Waals surface area (Å²) in [5.74, 6) is 1.22. The highest BCUT2D eigenvalue weighted by Crippen LogP contribution is 2.18. The summed E-state index contributed by atoms with van der Waals surface area (Å²) in [6.45, 7) is 10.4. The maximum atomic E-state index is 5.77. The third-order valence-corrected chi connectivity index (χ3v) is 3.11. The Morgan fingerprint density at radius 1 is 1.35 bits per heavy atom. The van der Waals surface area contributed by atoms with Gasteiger partial charge in [0.2, 0.25) is 0 Å². The average Bonchev–Trinajstić information content (AvgIpc) is 2.36. The lowest BCUT2D eigenvalue weighted by Crippen LogP contribution is -2.19. The van der Waals surface area contributed by atoms with Crippen LogP contribution in [0.4, 0.5) is 5.82 Å². The van der Waals surface area contributed by atoms with E-state index in [2.05, 4.69) is 29.4 Å². The van der Waals surface area contributed by atoms with Gasteiger partial charge in [0.15, 0.2) is 5.82 Å². The molecule has 0 saturated heterocycles. The quantitative estimate of drug-likeness (QED) is 0.566. The second-order valence-corrected chi connectivity index (χ2v) is 5.69. The van der Waals surface area contributed by atoms with Crippen LogP contribution in [0, 0.1) is 19.8 Å². The van der Waals surface area contributed by atoms with Gasteiger partial charge in [-0.15, -0.1) is 5.10 Å². The van der Waals surface area contributed by atoms with Crippen molar-refractivity contribution in [2.45, 2.75) is 34.1 Å². The molecule has 3 N–H and O–H groups in total. The first-order chi connectivity index (χ1) is 9.43. The van der Waals surface area contributed by atoms with E-state index in [1.807, 2.05) is 13.8 Å². The Hall–Kier alpha value is -1.27. The summed E-state index contributed by atoms with van der Waals surface area (Å²) in [4.78, 5) is 0.346. The number of thiocarbonyl (C=S) groups is 1. The van der Waals surface area contributed by atoms with Crippen LogP contribution in [0.2, 0.25) is 0 Å². The lowest BCUT2D eigenvalue weighted by molar-refractivity contribution is 0.110. The van der Waals surface area contributed by atoms with Crippen molar-refractivity contribution >= 4 is 23.0 Å². The van der Waals surface area contributed by atoms with Crippen molar-refractivity contribution < 1.29 is 4.74 Å². The summed E-state index contributed by atoms with van der Waals surface area (Å²) < 4.78 is 5.53. The van der Waals surface area contributed by atoms with Gasteiger partial charge in [0.05, 0.1) is 11.3 Å². The molecule has 1 aromatic heterocycles. The van der Waals surface area contributed by atoms with E-state index >= 15 is 0 Å². The monoisotopic (exact) mass is 296 g/mol. The predicted molar refractivity (Wildman–Crippen MR) is 86.2 cm³/mol. The van der Waals surface area contributed by atoms with Crippen molar-refractivity contribution in [1.82, 2.24) is 10.2 Å². The number of nitrogens with zero attached hydrogens (tertiary/aromatic N) is 2.